The molecule has 2 aromatic carbocycles. The second kappa shape index (κ2) is 10.0. The summed E-state index contributed by atoms with van der Waals surface area (Å²) in [6, 6.07) is 15.9. The molecular formula is C20H22BrNO3. The zero-order chi connectivity index (χ0) is 18.1. The molecule has 0 atom stereocenters. The number of methoxy groups -OCH3 is 1. The van der Waals surface area contributed by atoms with Gasteiger partial charge in [-0.3, -0.25) is 0 Å². The van der Waals surface area contributed by atoms with E-state index in [0.717, 1.165) is 28.7 Å². The van der Waals surface area contributed by atoms with Gasteiger partial charge < -0.3 is 14.7 Å². The number of halogens is 1. The Morgan fingerprint density at radius 1 is 1.24 bits per heavy atom. The normalized spacial score (nSPS) is 10.8. The van der Waals surface area contributed by atoms with Gasteiger partial charge in [0.2, 0.25) is 0 Å². The average Bonchev–Trinajstić information content (AvgIpc) is 2.65. The Morgan fingerprint density at radius 2 is 2.04 bits per heavy atom. The SMILES string of the molecule is COC(=O)/C=C/CN(CCc1ccccc1Br)c1cccc(CO)c1. The third-order valence-electron chi connectivity index (χ3n) is 3.85. The summed E-state index contributed by atoms with van der Waals surface area (Å²) >= 11 is 3.58. The molecule has 5 heteroatoms. The minimum absolute atomic E-state index is 0.00388. The van der Waals surface area contributed by atoms with Gasteiger partial charge in [-0.15, -0.1) is 0 Å². The molecule has 0 spiro atoms. The summed E-state index contributed by atoms with van der Waals surface area (Å²) in [7, 11) is 1.36. The van der Waals surface area contributed by atoms with Gasteiger partial charge in [0, 0.05) is 29.3 Å². The number of benzene rings is 2. The van der Waals surface area contributed by atoms with Crippen LogP contribution in [0.3, 0.4) is 0 Å². The van der Waals surface area contributed by atoms with E-state index in [1.807, 2.05) is 42.5 Å². The number of aliphatic hydroxyl groups excluding tert-OH is 1. The third kappa shape index (κ3) is 6.03. The van der Waals surface area contributed by atoms with Crippen LogP contribution in [0, 0.1) is 0 Å². The average molecular weight is 404 g/mol. The molecule has 0 fully saturated rings. The van der Waals surface area contributed by atoms with Gasteiger partial charge in [0.05, 0.1) is 13.7 Å². The van der Waals surface area contributed by atoms with E-state index < -0.39 is 0 Å². The minimum atomic E-state index is -0.366. The van der Waals surface area contributed by atoms with Crippen molar-refractivity contribution in [3.63, 3.8) is 0 Å². The highest BCUT2D eigenvalue weighted by atomic mass is 79.9. The monoisotopic (exact) mass is 403 g/mol. The Bertz CT molecular complexity index is 730. The number of rotatable bonds is 8. The number of hydrogen-bond donors (Lipinski definition) is 1. The van der Waals surface area contributed by atoms with E-state index >= 15 is 0 Å². The fraction of sp³-hybridized carbons (Fsp3) is 0.250. The maximum Gasteiger partial charge on any atom is 0.330 e. The number of anilines is 1. The van der Waals surface area contributed by atoms with Crippen molar-refractivity contribution in [3.8, 4) is 0 Å². The highest BCUT2D eigenvalue weighted by Crippen LogP contribution is 2.20. The third-order valence-corrected chi connectivity index (χ3v) is 4.62. The Hall–Kier alpha value is -2.11. The number of ether oxygens (including phenoxy) is 1. The van der Waals surface area contributed by atoms with Crippen LogP contribution in [0.1, 0.15) is 11.1 Å². The van der Waals surface area contributed by atoms with Crippen molar-refractivity contribution in [2.75, 3.05) is 25.1 Å². The zero-order valence-electron chi connectivity index (χ0n) is 14.2. The number of aliphatic hydroxyl groups is 1. The Kier molecular flexibility index (Phi) is 7.70. The molecule has 4 nitrogen and oxygen atoms in total. The maximum atomic E-state index is 11.3. The summed E-state index contributed by atoms with van der Waals surface area (Å²) in [5, 5.41) is 9.37. The Labute approximate surface area is 156 Å². The molecule has 0 radical (unpaired) electrons. The lowest BCUT2D eigenvalue weighted by Gasteiger charge is -2.24. The van der Waals surface area contributed by atoms with E-state index in [-0.39, 0.29) is 12.6 Å². The number of carbonyl (C=O) groups is 1. The van der Waals surface area contributed by atoms with Crippen LogP contribution in [0.4, 0.5) is 5.69 Å². The van der Waals surface area contributed by atoms with Gasteiger partial charge in [0.1, 0.15) is 0 Å². The van der Waals surface area contributed by atoms with Crippen LogP contribution in [-0.2, 0) is 22.6 Å². The van der Waals surface area contributed by atoms with Gasteiger partial charge in [-0.2, -0.15) is 0 Å². The minimum Gasteiger partial charge on any atom is -0.466 e. The predicted octanol–water partition coefficient (Wildman–Crippen LogP) is 3.72. The van der Waals surface area contributed by atoms with Gasteiger partial charge in [0.15, 0.2) is 0 Å². The van der Waals surface area contributed by atoms with Crippen molar-refractivity contribution in [1.82, 2.24) is 0 Å². The van der Waals surface area contributed by atoms with Crippen LogP contribution in [0.5, 0.6) is 0 Å². The van der Waals surface area contributed by atoms with Crippen molar-refractivity contribution in [2.24, 2.45) is 0 Å². The Balaban J connectivity index is 2.14. The quantitative estimate of drug-likeness (QED) is 0.538. The summed E-state index contributed by atoms with van der Waals surface area (Å²) in [4.78, 5) is 13.5. The molecule has 0 aliphatic rings. The molecule has 1 N–H and O–H groups in total. The first-order valence-corrected chi connectivity index (χ1v) is 8.86. The van der Waals surface area contributed by atoms with Gasteiger partial charge in [-0.1, -0.05) is 52.3 Å². The zero-order valence-corrected chi connectivity index (χ0v) is 15.8. The fourth-order valence-electron chi connectivity index (χ4n) is 2.48. The van der Waals surface area contributed by atoms with Crippen LogP contribution >= 0.6 is 15.9 Å². The van der Waals surface area contributed by atoms with Gasteiger partial charge in [-0.25, -0.2) is 4.79 Å². The molecule has 132 valence electrons. The number of carbonyl (C=O) groups excluding carboxylic acids is 1. The molecule has 0 amide bonds. The highest BCUT2D eigenvalue weighted by molar-refractivity contribution is 9.10. The molecule has 0 aromatic heterocycles. The predicted molar refractivity (Wildman–Crippen MR) is 104 cm³/mol. The molecule has 0 unspecified atom stereocenters. The molecule has 2 aromatic rings. The number of hydrogen-bond acceptors (Lipinski definition) is 4. The summed E-state index contributed by atoms with van der Waals surface area (Å²) in [5.41, 5.74) is 3.09. The van der Waals surface area contributed by atoms with Crippen LogP contribution in [-0.4, -0.2) is 31.3 Å². The second-order valence-electron chi connectivity index (χ2n) is 5.54. The summed E-state index contributed by atoms with van der Waals surface area (Å²) in [6.07, 6.45) is 4.08. The number of esters is 1. The maximum absolute atomic E-state index is 11.3. The summed E-state index contributed by atoms with van der Waals surface area (Å²) in [5.74, 6) is -0.366. The van der Waals surface area contributed by atoms with E-state index in [0.29, 0.717) is 6.54 Å². The van der Waals surface area contributed by atoms with Crippen LogP contribution < -0.4 is 4.90 Å². The van der Waals surface area contributed by atoms with Crippen molar-refractivity contribution in [2.45, 2.75) is 13.0 Å². The van der Waals surface area contributed by atoms with Crippen LogP contribution in [0.15, 0.2) is 65.2 Å². The lowest BCUT2D eigenvalue weighted by molar-refractivity contribution is -0.134. The van der Waals surface area contributed by atoms with E-state index in [9.17, 15) is 9.90 Å². The van der Waals surface area contributed by atoms with Crippen molar-refractivity contribution in [3.05, 3.63) is 76.3 Å². The fourth-order valence-corrected chi connectivity index (χ4v) is 2.96. The molecule has 0 aliphatic carbocycles. The number of nitrogens with zero attached hydrogens (tertiary/aromatic N) is 1. The lowest BCUT2D eigenvalue weighted by Crippen LogP contribution is -2.26. The van der Waals surface area contributed by atoms with Crippen molar-refractivity contribution >= 4 is 27.6 Å². The summed E-state index contributed by atoms with van der Waals surface area (Å²) < 4.78 is 5.72. The molecule has 0 aliphatic heterocycles. The molecule has 0 heterocycles. The first-order chi connectivity index (χ1) is 12.1. The standard InChI is InChI=1S/C20H22BrNO3/c1-25-20(24)10-5-12-22(18-8-4-6-16(14-18)15-23)13-11-17-7-2-3-9-19(17)21/h2-10,14,23H,11-13,15H2,1H3/b10-5+. The molecule has 2 rings (SSSR count). The Morgan fingerprint density at radius 3 is 2.76 bits per heavy atom. The first-order valence-electron chi connectivity index (χ1n) is 8.06. The van der Waals surface area contributed by atoms with Crippen LogP contribution in [0.2, 0.25) is 0 Å². The smallest absolute Gasteiger partial charge is 0.330 e. The van der Waals surface area contributed by atoms with E-state index in [4.69, 9.17) is 0 Å². The van der Waals surface area contributed by atoms with Crippen molar-refractivity contribution in [1.29, 1.82) is 0 Å². The second-order valence-corrected chi connectivity index (χ2v) is 6.40. The molecule has 25 heavy (non-hydrogen) atoms. The van der Waals surface area contributed by atoms with Gasteiger partial charge in [-0.05, 0) is 35.7 Å². The molecule has 0 saturated heterocycles. The van der Waals surface area contributed by atoms with Crippen LogP contribution in [0.25, 0.3) is 0 Å². The lowest BCUT2D eigenvalue weighted by atomic mass is 10.1. The highest BCUT2D eigenvalue weighted by Gasteiger charge is 2.08. The summed E-state index contributed by atoms with van der Waals surface area (Å²) in [6.45, 7) is 1.36. The van der Waals surface area contributed by atoms with Gasteiger partial charge >= 0.3 is 5.97 Å². The van der Waals surface area contributed by atoms with Crippen molar-refractivity contribution < 1.29 is 14.6 Å². The van der Waals surface area contributed by atoms with Gasteiger partial charge in [0.25, 0.3) is 0 Å². The van der Waals surface area contributed by atoms with E-state index in [1.54, 1.807) is 6.08 Å². The molecule has 0 bridgehead atoms. The molecule has 0 saturated carbocycles. The largest absolute Gasteiger partial charge is 0.466 e. The van der Waals surface area contributed by atoms with E-state index in [2.05, 4.69) is 31.6 Å². The topological polar surface area (TPSA) is 49.8 Å². The van der Waals surface area contributed by atoms with E-state index in [1.165, 1.54) is 18.7 Å². The first kappa shape index (κ1) is 19.2. The molecular weight excluding hydrogens is 382 g/mol.